The molecule has 0 fully saturated rings. The zero-order valence-corrected chi connectivity index (χ0v) is 8.82. The average Bonchev–Trinajstić information content (AvgIpc) is 2.63. The summed E-state index contributed by atoms with van der Waals surface area (Å²) in [5.74, 6) is 1.42. The van der Waals surface area contributed by atoms with Crippen molar-refractivity contribution in [3.8, 4) is 0 Å². The van der Waals surface area contributed by atoms with Crippen LogP contribution in [0, 0.1) is 0 Å². The van der Waals surface area contributed by atoms with Crippen LogP contribution in [0.3, 0.4) is 0 Å². The number of nitrogens with two attached hydrogens (primary N) is 1. The number of fused-ring (bicyclic) bond motifs is 1. The normalized spacial score (nSPS) is 11.0. The molecule has 0 bridgehead atoms. The first-order valence-electron chi connectivity index (χ1n) is 5.26. The molecule has 0 spiro atoms. The van der Waals surface area contributed by atoms with E-state index in [-0.39, 0.29) is 0 Å². The highest BCUT2D eigenvalue weighted by molar-refractivity contribution is 5.80. The summed E-state index contributed by atoms with van der Waals surface area (Å²) in [6.45, 7) is 2.18. The molecule has 0 aliphatic rings. The maximum absolute atomic E-state index is 5.70. The third kappa shape index (κ3) is 2.06. The van der Waals surface area contributed by atoms with E-state index in [0.29, 0.717) is 11.5 Å². The van der Waals surface area contributed by atoms with Crippen LogP contribution < -0.4 is 5.73 Å². The number of unbranched alkanes of at least 4 members (excludes halogenated alkanes) is 2. The number of hydrogen-bond acceptors (Lipinski definition) is 4. The Labute approximate surface area is 88.1 Å². The standard InChI is InChI=1S/C10H15N5/c1-2-3-4-5-7-14-8-9(11)12-6-13-10(8)15-7/h6H,2-5H2,1H3,(H3,11,12,13,14,15). The highest BCUT2D eigenvalue weighted by Gasteiger charge is 2.06. The fraction of sp³-hybridized carbons (Fsp3) is 0.500. The van der Waals surface area contributed by atoms with Gasteiger partial charge < -0.3 is 10.7 Å². The van der Waals surface area contributed by atoms with Crippen LogP contribution in [0.15, 0.2) is 6.33 Å². The zero-order chi connectivity index (χ0) is 10.7. The predicted molar refractivity (Wildman–Crippen MR) is 59.3 cm³/mol. The average molecular weight is 205 g/mol. The number of aromatic nitrogens is 4. The second-order valence-electron chi connectivity index (χ2n) is 3.60. The van der Waals surface area contributed by atoms with Crippen LogP contribution in [-0.4, -0.2) is 19.9 Å². The van der Waals surface area contributed by atoms with Gasteiger partial charge in [0.25, 0.3) is 0 Å². The van der Waals surface area contributed by atoms with Gasteiger partial charge in [0.15, 0.2) is 11.5 Å². The molecule has 5 nitrogen and oxygen atoms in total. The van der Waals surface area contributed by atoms with Crippen molar-refractivity contribution in [1.82, 2.24) is 19.9 Å². The predicted octanol–water partition coefficient (Wildman–Crippen LogP) is 1.67. The van der Waals surface area contributed by atoms with E-state index < -0.39 is 0 Å². The molecule has 2 aromatic rings. The van der Waals surface area contributed by atoms with Crippen LogP contribution >= 0.6 is 0 Å². The van der Waals surface area contributed by atoms with Gasteiger partial charge in [-0.1, -0.05) is 19.8 Å². The van der Waals surface area contributed by atoms with Crippen molar-refractivity contribution >= 4 is 17.0 Å². The lowest BCUT2D eigenvalue weighted by Gasteiger charge is -1.93. The zero-order valence-electron chi connectivity index (χ0n) is 8.82. The first-order valence-corrected chi connectivity index (χ1v) is 5.26. The van der Waals surface area contributed by atoms with Crippen LogP contribution in [0.2, 0.25) is 0 Å². The van der Waals surface area contributed by atoms with Gasteiger partial charge in [-0.05, 0) is 6.42 Å². The minimum Gasteiger partial charge on any atom is -0.382 e. The minimum atomic E-state index is 0.467. The Kier molecular flexibility index (Phi) is 2.80. The molecule has 0 unspecified atom stereocenters. The Morgan fingerprint density at radius 1 is 1.33 bits per heavy atom. The fourth-order valence-corrected chi connectivity index (χ4v) is 1.56. The van der Waals surface area contributed by atoms with Gasteiger partial charge in [-0.3, -0.25) is 0 Å². The lowest BCUT2D eigenvalue weighted by Crippen LogP contribution is -1.92. The second-order valence-corrected chi connectivity index (χ2v) is 3.60. The molecule has 80 valence electrons. The summed E-state index contributed by atoms with van der Waals surface area (Å²) < 4.78 is 0. The number of anilines is 1. The largest absolute Gasteiger partial charge is 0.382 e. The third-order valence-electron chi connectivity index (χ3n) is 2.38. The summed E-state index contributed by atoms with van der Waals surface area (Å²) >= 11 is 0. The number of aromatic amines is 1. The number of hydrogen-bond donors (Lipinski definition) is 2. The van der Waals surface area contributed by atoms with E-state index in [0.717, 1.165) is 24.2 Å². The number of nitrogens with zero attached hydrogens (tertiary/aromatic N) is 3. The van der Waals surface area contributed by atoms with E-state index in [9.17, 15) is 0 Å². The number of H-pyrrole nitrogens is 1. The van der Waals surface area contributed by atoms with Crippen LogP contribution in [0.25, 0.3) is 11.2 Å². The molecule has 0 saturated heterocycles. The van der Waals surface area contributed by atoms with Crippen molar-refractivity contribution in [3.63, 3.8) is 0 Å². The van der Waals surface area contributed by atoms with Gasteiger partial charge >= 0.3 is 0 Å². The summed E-state index contributed by atoms with van der Waals surface area (Å²) in [4.78, 5) is 15.5. The van der Waals surface area contributed by atoms with Crippen molar-refractivity contribution in [2.24, 2.45) is 0 Å². The van der Waals surface area contributed by atoms with Crippen LogP contribution in [-0.2, 0) is 6.42 Å². The number of rotatable bonds is 4. The van der Waals surface area contributed by atoms with Gasteiger partial charge in [0.05, 0.1) is 0 Å². The van der Waals surface area contributed by atoms with Gasteiger partial charge in [0.2, 0.25) is 0 Å². The molecule has 5 heteroatoms. The summed E-state index contributed by atoms with van der Waals surface area (Å²) in [6, 6.07) is 0. The van der Waals surface area contributed by atoms with E-state index >= 15 is 0 Å². The van der Waals surface area contributed by atoms with E-state index in [1.807, 2.05) is 0 Å². The van der Waals surface area contributed by atoms with Crippen LogP contribution in [0.1, 0.15) is 32.0 Å². The first kappa shape index (κ1) is 9.89. The van der Waals surface area contributed by atoms with Crippen LogP contribution in [0.4, 0.5) is 5.82 Å². The molecular weight excluding hydrogens is 190 g/mol. The summed E-state index contributed by atoms with van der Waals surface area (Å²) in [5, 5.41) is 0. The van der Waals surface area contributed by atoms with Gasteiger partial charge in [-0.25, -0.2) is 15.0 Å². The van der Waals surface area contributed by atoms with E-state index in [4.69, 9.17) is 5.73 Å². The van der Waals surface area contributed by atoms with Gasteiger partial charge in [-0.2, -0.15) is 0 Å². The molecule has 2 aromatic heterocycles. The maximum Gasteiger partial charge on any atom is 0.183 e. The Morgan fingerprint density at radius 2 is 2.20 bits per heavy atom. The molecule has 0 atom stereocenters. The molecule has 0 aliphatic heterocycles. The lowest BCUT2D eigenvalue weighted by molar-refractivity contribution is 0.700. The molecule has 15 heavy (non-hydrogen) atoms. The van der Waals surface area contributed by atoms with Crippen molar-refractivity contribution in [2.45, 2.75) is 32.6 Å². The van der Waals surface area contributed by atoms with Crippen molar-refractivity contribution in [2.75, 3.05) is 5.73 Å². The van der Waals surface area contributed by atoms with Gasteiger partial charge in [0.1, 0.15) is 17.7 Å². The molecule has 0 amide bonds. The third-order valence-corrected chi connectivity index (χ3v) is 2.38. The highest BCUT2D eigenvalue weighted by atomic mass is 15.0. The maximum atomic E-state index is 5.70. The summed E-state index contributed by atoms with van der Waals surface area (Å²) in [6.07, 6.45) is 5.96. The first-order chi connectivity index (χ1) is 7.31. The number of aryl methyl sites for hydroxylation is 1. The molecule has 0 radical (unpaired) electrons. The van der Waals surface area contributed by atoms with Crippen LogP contribution in [0.5, 0.6) is 0 Å². The van der Waals surface area contributed by atoms with Gasteiger partial charge in [-0.15, -0.1) is 0 Å². The van der Waals surface area contributed by atoms with Crippen molar-refractivity contribution in [3.05, 3.63) is 12.2 Å². The molecular formula is C10H15N5. The number of nitrogens with one attached hydrogen (secondary N) is 1. The Bertz CT molecular complexity index is 448. The number of nitrogen functional groups attached to an aromatic ring is 1. The Hall–Kier alpha value is -1.65. The minimum absolute atomic E-state index is 0.467. The van der Waals surface area contributed by atoms with E-state index in [1.165, 1.54) is 19.2 Å². The molecule has 0 saturated carbocycles. The Balaban J connectivity index is 2.20. The quantitative estimate of drug-likeness (QED) is 0.744. The van der Waals surface area contributed by atoms with Crippen molar-refractivity contribution < 1.29 is 0 Å². The van der Waals surface area contributed by atoms with Gasteiger partial charge in [0, 0.05) is 6.42 Å². The van der Waals surface area contributed by atoms with Crippen molar-refractivity contribution in [1.29, 1.82) is 0 Å². The monoisotopic (exact) mass is 205 g/mol. The highest BCUT2D eigenvalue weighted by Crippen LogP contribution is 2.14. The van der Waals surface area contributed by atoms with E-state index in [1.54, 1.807) is 0 Å². The molecule has 0 aliphatic carbocycles. The summed E-state index contributed by atoms with van der Waals surface area (Å²) in [7, 11) is 0. The Morgan fingerprint density at radius 3 is 2.93 bits per heavy atom. The fourth-order valence-electron chi connectivity index (χ4n) is 1.56. The topological polar surface area (TPSA) is 80.5 Å². The second kappa shape index (κ2) is 4.25. The lowest BCUT2D eigenvalue weighted by atomic mass is 10.2. The number of imidazole rings is 1. The van der Waals surface area contributed by atoms with E-state index in [2.05, 4.69) is 26.9 Å². The summed E-state index contributed by atoms with van der Waals surface area (Å²) in [5.41, 5.74) is 7.12. The molecule has 3 N–H and O–H groups in total. The molecule has 2 rings (SSSR count). The molecule has 0 aromatic carbocycles. The SMILES string of the molecule is CCCCCc1nc2ncnc(N)c2[nH]1. The smallest absolute Gasteiger partial charge is 0.183 e. The molecule has 2 heterocycles.